The highest BCUT2D eigenvalue weighted by Crippen LogP contribution is 2.39. The van der Waals surface area contributed by atoms with E-state index in [2.05, 4.69) is 4.98 Å². The molecule has 0 spiro atoms. The summed E-state index contributed by atoms with van der Waals surface area (Å²) in [6.07, 6.45) is -12.3. The average molecular weight is 251 g/mol. The topological polar surface area (TPSA) is 33.1 Å². The molecule has 2 nitrogen and oxygen atoms in total. The molecule has 0 amide bonds. The number of nitrogens with zero attached hydrogens (tertiary/aromatic N) is 1. The van der Waals surface area contributed by atoms with E-state index in [1.165, 1.54) is 0 Å². The summed E-state index contributed by atoms with van der Waals surface area (Å²) >= 11 is -0.231. The number of alkyl halides is 6. The van der Waals surface area contributed by atoms with Crippen LogP contribution in [0, 0.1) is 0 Å². The predicted octanol–water partition coefficient (Wildman–Crippen LogP) is 2.76. The Kier molecular flexibility index (Phi) is 2.97. The van der Waals surface area contributed by atoms with Crippen LogP contribution in [0.15, 0.2) is 6.20 Å². The minimum absolute atomic E-state index is 0.231. The molecule has 0 aromatic carbocycles. The van der Waals surface area contributed by atoms with Crippen molar-refractivity contribution in [2.45, 2.75) is 18.5 Å². The third kappa shape index (κ3) is 2.81. The van der Waals surface area contributed by atoms with Gasteiger partial charge in [-0.15, -0.1) is 11.3 Å². The molecule has 0 aliphatic carbocycles. The molecular formula is C6H3F6NOS. The molecule has 1 heterocycles. The van der Waals surface area contributed by atoms with Gasteiger partial charge in [0, 0.05) is 6.20 Å². The summed E-state index contributed by atoms with van der Waals surface area (Å²) in [4.78, 5) is 1.88. The summed E-state index contributed by atoms with van der Waals surface area (Å²) in [5.41, 5.74) is 0. The normalized spacial score (nSPS) is 15.4. The van der Waals surface area contributed by atoms with Crippen LogP contribution in [0.2, 0.25) is 0 Å². The quantitative estimate of drug-likeness (QED) is 0.778. The minimum Gasteiger partial charge on any atom is -0.379 e. The van der Waals surface area contributed by atoms with E-state index in [-0.39, 0.29) is 11.3 Å². The van der Waals surface area contributed by atoms with Crippen LogP contribution < -0.4 is 0 Å². The third-order valence-electron chi connectivity index (χ3n) is 1.35. The van der Waals surface area contributed by atoms with Gasteiger partial charge in [-0.3, -0.25) is 0 Å². The molecule has 0 fully saturated rings. The zero-order valence-electron chi connectivity index (χ0n) is 6.73. The lowest BCUT2D eigenvalue weighted by Gasteiger charge is -2.11. The van der Waals surface area contributed by atoms with Gasteiger partial charge in [0.25, 0.3) is 0 Å². The Balaban J connectivity index is 2.95. The molecule has 1 N–H and O–H groups in total. The number of aliphatic hydroxyl groups excluding tert-OH is 1. The fourth-order valence-corrected chi connectivity index (χ4v) is 1.50. The zero-order chi connectivity index (χ0) is 11.9. The summed E-state index contributed by atoms with van der Waals surface area (Å²) < 4.78 is 71.5. The molecule has 15 heavy (non-hydrogen) atoms. The minimum atomic E-state index is -4.99. The number of thiazole rings is 1. The Morgan fingerprint density at radius 2 is 1.73 bits per heavy atom. The molecular weight excluding hydrogens is 248 g/mol. The molecule has 0 bridgehead atoms. The van der Waals surface area contributed by atoms with Gasteiger partial charge in [-0.05, 0) is 0 Å². The molecule has 0 aliphatic heterocycles. The fourth-order valence-electron chi connectivity index (χ4n) is 0.705. The van der Waals surface area contributed by atoms with E-state index < -0.39 is 28.3 Å². The SMILES string of the molecule is O[C@@H](c1cnc(C(F)(F)F)s1)C(F)(F)F. The number of hydrogen-bond donors (Lipinski definition) is 1. The smallest absolute Gasteiger partial charge is 0.379 e. The van der Waals surface area contributed by atoms with Gasteiger partial charge in [0.15, 0.2) is 11.1 Å². The van der Waals surface area contributed by atoms with E-state index in [4.69, 9.17) is 5.11 Å². The van der Waals surface area contributed by atoms with Crippen molar-refractivity contribution < 1.29 is 31.4 Å². The second-order valence-corrected chi connectivity index (χ2v) is 3.57. The highest BCUT2D eigenvalue weighted by molar-refractivity contribution is 7.11. The van der Waals surface area contributed by atoms with E-state index in [0.29, 0.717) is 6.20 Å². The number of hydrogen-bond acceptors (Lipinski definition) is 3. The van der Waals surface area contributed by atoms with E-state index in [9.17, 15) is 26.3 Å². The van der Waals surface area contributed by atoms with Crippen molar-refractivity contribution in [3.8, 4) is 0 Å². The first kappa shape index (κ1) is 12.2. The standard InChI is InChI=1S/C6H3F6NOS/c7-5(8,9)3(14)2-1-13-4(15-2)6(10,11)12/h1,3,14H/t3-/m0/s1. The summed E-state index contributed by atoms with van der Waals surface area (Å²) in [6, 6.07) is 0. The van der Waals surface area contributed by atoms with Crippen LogP contribution in [0.25, 0.3) is 0 Å². The highest BCUT2D eigenvalue weighted by Gasteiger charge is 2.42. The van der Waals surface area contributed by atoms with Crippen molar-refractivity contribution in [2.24, 2.45) is 0 Å². The second-order valence-electron chi connectivity index (χ2n) is 2.51. The Bertz CT molecular complexity index is 342. The van der Waals surface area contributed by atoms with Gasteiger partial charge < -0.3 is 5.11 Å². The van der Waals surface area contributed by atoms with Gasteiger partial charge in [-0.2, -0.15) is 26.3 Å². The molecule has 0 saturated heterocycles. The van der Waals surface area contributed by atoms with Crippen molar-refractivity contribution in [3.05, 3.63) is 16.1 Å². The first-order valence-electron chi connectivity index (χ1n) is 3.40. The van der Waals surface area contributed by atoms with Gasteiger partial charge in [-0.25, -0.2) is 4.98 Å². The molecule has 9 heteroatoms. The van der Waals surface area contributed by atoms with Crippen molar-refractivity contribution in [3.63, 3.8) is 0 Å². The lowest BCUT2D eigenvalue weighted by atomic mass is 10.3. The van der Waals surface area contributed by atoms with Gasteiger partial charge in [-0.1, -0.05) is 0 Å². The summed E-state index contributed by atoms with van der Waals surface area (Å²) in [5, 5.41) is 7.20. The summed E-state index contributed by atoms with van der Waals surface area (Å²) in [6.45, 7) is 0. The van der Waals surface area contributed by atoms with Crippen molar-refractivity contribution in [1.82, 2.24) is 4.98 Å². The Morgan fingerprint density at radius 1 is 1.20 bits per heavy atom. The zero-order valence-corrected chi connectivity index (χ0v) is 7.54. The van der Waals surface area contributed by atoms with Gasteiger partial charge >= 0.3 is 12.4 Å². The van der Waals surface area contributed by atoms with Crippen LogP contribution in [-0.2, 0) is 6.18 Å². The summed E-state index contributed by atoms with van der Waals surface area (Å²) in [5.74, 6) is 0. The Labute approximate surface area is 83.2 Å². The molecule has 1 aromatic heterocycles. The van der Waals surface area contributed by atoms with Crippen LogP contribution in [0.4, 0.5) is 26.3 Å². The maximum absolute atomic E-state index is 11.9. The maximum Gasteiger partial charge on any atom is 0.443 e. The van der Waals surface area contributed by atoms with Gasteiger partial charge in [0.05, 0.1) is 4.88 Å². The lowest BCUT2D eigenvalue weighted by Crippen LogP contribution is -2.19. The van der Waals surface area contributed by atoms with Crippen LogP contribution in [0.5, 0.6) is 0 Å². The Hall–Kier alpha value is -0.830. The molecule has 86 valence electrons. The molecule has 1 atom stereocenters. The van der Waals surface area contributed by atoms with Crippen molar-refractivity contribution >= 4 is 11.3 Å². The largest absolute Gasteiger partial charge is 0.443 e. The average Bonchev–Trinajstić information content (AvgIpc) is 2.47. The number of aliphatic hydroxyl groups is 1. The number of aromatic nitrogens is 1. The van der Waals surface area contributed by atoms with E-state index in [1.807, 2.05) is 0 Å². The monoisotopic (exact) mass is 251 g/mol. The number of rotatable bonds is 1. The lowest BCUT2D eigenvalue weighted by molar-refractivity contribution is -0.205. The summed E-state index contributed by atoms with van der Waals surface area (Å²) in [7, 11) is 0. The molecule has 1 aromatic rings. The first-order chi connectivity index (χ1) is 6.62. The van der Waals surface area contributed by atoms with E-state index in [0.717, 1.165) is 0 Å². The second kappa shape index (κ2) is 3.63. The maximum atomic E-state index is 11.9. The van der Waals surface area contributed by atoms with Crippen LogP contribution >= 0.6 is 11.3 Å². The van der Waals surface area contributed by atoms with Gasteiger partial charge in [0.1, 0.15) is 0 Å². The fraction of sp³-hybridized carbons (Fsp3) is 0.500. The van der Waals surface area contributed by atoms with E-state index >= 15 is 0 Å². The first-order valence-corrected chi connectivity index (χ1v) is 4.21. The van der Waals surface area contributed by atoms with Crippen LogP contribution in [-0.4, -0.2) is 16.3 Å². The van der Waals surface area contributed by atoms with Crippen LogP contribution in [0.3, 0.4) is 0 Å². The Morgan fingerprint density at radius 3 is 2.07 bits per heavy atom. The number of halogens is 6. The molecule has 0 unspecified atom stereocenters. The van der Waals surface area contributed by atoms with E-state index in [1.54, 1.807) is 0 Å². The highest BCUT2D eigenvalue weighted by atomic mass is 32.1. The molecule has 0 radical (unpaired) electrons. The van der Waals surface area contributed by atoms with Crippen molar-refractivity contribution in [2.75, 3.05) is 0 Å². The predicted molar refractivity (Wildman–Crippen MR) is 38.1 cm³/mol. The van der Waals surface area contributed by atoms with Gasteiger partial charge in [0.2, 0.25) is 0 Å². The molecule has 0 saturated carbocycles. The molecule has 0 aliphatic rings. The molecule has 1 rings (SSSR count). The van der Waals surface area contributed by atoms with Crippen LogP contribution in [0.1, 0.15) is 16.0 Å². The third-order valence-corrected chi connectivity index (χ3v) is 2.44. The van der Waals surface area contributed by atoms with Crippen molar-refractivity contribution in [1.29, 1.82) is 0 Å².